The van der Waals surface area contributed by atoms with Crippen molar-refractivity contribution in [2.45, 2.75) is 6.54 Å². The molecule has 0 unspecified atom stereocenters. The maximum Gasteiger partial charge on any atom is 0.321 e. The van der Waals surface area contributed by atoms with Crippen LogP contribution in [0, 0.1) is 0 Å². The number of hydrogen-bond donors (Lipinski definition) is 1. The summed E-state index contributed by atoms with van der Waals surface area (Å²) in [5, 5.41) is 2.72. The molecule has 1 aliphatic heterocycles. The number of rotatable bonds is 6. The monoisotopic (exact) mass is 345 g/mol. The average molecular weight is 345 g/mol. The van der Waals surface area contributed by atoms with Gasteiger partial charge >= 0.3 is 6.01 Å². The molecule has 1 aliphatic rings. The second kappa shape index (κ2) is 8.25. The summed E-state index contributed by atoms with van der Waals surface area (Å²) in [7, 11) is 1.49. The van der Waals surface area contributed by atoms with Gasteiger partial charge < -0.3 is 24.1 Å². The molecule has 0 aromatic carbocycles. The van der Waals surface area contributed by atoms with E-state index in [4.69, 9.17) is 13.9 Å². The number of anilines is 1. The molecule has 0 radical (unpaired) electrons. The van der Waals surface area contributed by atoms with Crippen molar-refractivity contribution in [3.63, 3.8) is 0 Å². The lowest BCUT2D eigenvalue weighted by Gasteiger charge is -2.26. The molecule has 0 bridgehead atoms. The van der Waals surface area contributed by atoms with Gasteiger partial charge in [0, 0.05) is 19.2 Å². The first kappa shape index (κ1) is 16.9. The van der Waals surface area contributed by atoms with Crippen molar-refractivity contribution < 1.29 is 18.7 Å². The number of aromatic nitrogens is 3. The highest BCUT2D eigenvalue weighted by molar-refractivity contribution is 5.91. The molecule has 1 saturated heterocycles. The van der Waals surface area contributed by atoms with Crippen molar-refractivity contribution in [2.75, 3.05) is 38.3 Å². The van der Waals surface area contributed by atoms with Crippen molar-refractivity contribution in [3.05, 3.63) is 36.1 Å². The summed E-state index contributed by atoms with van der Waals surface area (Å²) < 4.78 is 15.6. The van der Waals surface area contributed by atoms with Gasteiger partial charge in [-0.2, -0.15) is 15.0 Å². The Morgan fingerprint density at radius 3 is 2.92 bits per heavy atom. The van der Waals surface area contributed by atoms with E-state index in [0.29, 0.717) is 43.8 Å². The van der Waals surface area contributed by atoms with Gasteiger partial charge in [-0.1, -0.05) is 0 Å². The minimum Gasteiger partial charge on any atom is -0.467 e. The Hall–Kier alpha value is -2.94. The lowest BCUT2D eigenvalue weighted by atomic mass is 10.4. The molecule has 1 fully saturated rings. The molecule has 9 heteroatoms. The summed E-state index contributed by atoms with van der Waals surface area (Å²) in [5.41, 5.74) is 0. The van der Waals surface area contributed by atoms with Crippen LogP contribution in [0.1, 0.15) is 11.6 Å². The van der Waals surface area contributed by atoms with Crippen LogP contribution in [0.5, 0.6) is 6.01 Å². The lowest BCUT2D eigenvalue weighted by Crippen LogP contribution is -2.37. The number of ether oxygens (including phenoxy) is 2. The quantitative estimate of drug-likeness (QED) is 0.761. The van der Waals surface area contributed by atoms with Crippen LogP contribution in [0.4, 0.5) is 5.95 Å². The van der Waals surface area contributed by atoms with E-state index in [1.54, 1.807) is 24.5 Å². The summed E-state index contributed by atoms with van der Waals surface area (Å²) in [6.45, 7) is 2.81. The minimum atomic E-state index is -0.274. The second-order valence-corrected chi connectivity index (χ2v) is 5.20. The molecular formula is C16H19N5O4. The molecule has 0 atom stereocenters. The molecule has 0 aliphatic carbocycles. The van der Waals surface area contributed by atoms with E-state index in [2.05, 4.69) is 20.3 Å². The van der Waals surface area contributed by atoms with E-state index in [-0.39, 0.29) is 18.5 Å². The van der Waals surface area contributed by atoms with E-state index in [1.807, 2.05) is 4.90 Å². The molecule has 132 valence electrons. The predicted octanol–water partition coefficient (Wildman–Crippen LogP) is 0.639. The largest absolute Gasteiger partial charge is 0.467 e. The normalized spacial score (nSPS) is 14.7. The highest BCUT2D eigenvalue weighted by atomic mass is 16.5. The van der Waals surface area contributed by atoms with Crippen LogP contribution in [0.3, 0.4) is 0 Å². The number of amides is 1. The van der Waals surface area contributed by atoms with Crippen LogP contribution in [0.15, 0.2) is 28.9 Å². The molecule has 3 rings (SSSR count). The Balaban J connectivity index is 1.63. The molecule has 2 aromatic rings. The molecule has 25 heavy (non-hydrogen) atoms. The number of carbonyl (C=O) groups excluding carboxylic acids is 1. The predicted molar refractivity (Wildman–Crippen MR) is 89.0 cm³/mol. The van der Waals surface area contributed by atoms with Gasteiger partial charge in [-0.05, 0) is 18.2 Å². The zero-order valence-corrected chi connectivity index (χ0v) is 13.8. The van der Waals surface area contributed by atoms with Gasteiger partial charge in [0.1, 0.15) is 5.76 Å². The summed E-state index contributed by atoms with van der Waals surface area (Å²) in [5.74, 6) is 1.27. The zero-order valence-electron chi connectivity index (χ0n) is 13.8. The number of methoxy groups -OCH3 is 1. The second-order valence-electron chi connectivity index (χ2n) is 5.20. The van der Waals surface area contributed by atoms with Crippen LogP contribution in [0.25, 0.3) is 6.08 Å². The molecule has 0 saturated carbocycles. The molecule has 0 spiro atoms. The van der Waals surface area contributed by atoms with E-state index in [1.165, 1.54) is 13.2 Å². The SMILES string of the molecule is COc1nc(CNC(=O)C=Cc2ccco2)nc(N2CCOCC2)n1. The fourth-order valence-electron chi connectivity index (χ4n) is 2.23. The van der Waals surface area contributed by atoms with Gasteiger partial charge in [0.2, 0.25) is 11.9 Å². The fourth-order valence-corrected chi connectivity index (χ4v) is 2.23. The number of carbonyl (C=O) groups is 1. The lowest BCUT2D eigenvalue weighted by molar-refractivity contribution is -0.116. The first-order valence-corrected chi connectivity index (χ1v) is 7.85. The third kappa shape index (κ3) is 4.77. The first-order valence-electron chi connectivity index (χ1n) is 7.85. The Morgan fingerprint density at radius 1 is 1.36 bits per heavy atom. The third-order valence-electron chi connectivity index (χ3n) is 3.49. The topological polar surface area (TPSA) is 103 Å². The van der Waals surface area contributed by atoms with Crippen LogP contribution in [-0.2, 0) is 16.1 Å². The number of nitrogens with zero attached hydrogens (tertiary/aromatic N) is 4. The Bertz CT molecular complexity index is 726. The third-order valence-corrected chi connectivity index (χ3v) is 3.49. The molecule has 1 N–H and O–H groups in total. The van der Waals surface area contributed by atoms with E-state index in [9.17, 15) is 4.79 Å². The van der Waals surface area contributed by atoms with Crippen LogP contribution < -0.4 is 15.0 Å². The number of morpholine rings is 1. The van der Waals surface area contributed by atoms with Crippen molar-refractivity contribution in [2.24, 2.45) is 0 Å². The average Bonchev–Trinajstić information content (AvgIpc) is 3.19. The number of furan rings is 1. The molecule has 2 aromatic heterocycles. The smallest absolute Gasteiger partial charge is 0.321 e. The van der Waals surface area contributed by atoms with Crippen molar-refractivity contribution in [3.8, 4) is 6.01 Å². The standard InChI is InChI=1S/C16H19N5O4/c1-23-16-19-13(18-15(20-16)21-6-9-24-10-7-21)11-17-14(22)5-4-12-3-2-8-25-12/h2-5,8H,6-7,9-11H2,1H3,(H,17,22). The van der Waals surface area contributed by atoms with E-state index in [0.717, 1.165) is 0 Å². The molecule has 1 amide bonds. The highest BCUT2D eigenvalue weighted by Crippen LogP contribution is 2.13. The summed E-state index contributed by atoms with van der Waals surface area (Å²) in [4.78, 5) is 26.7. The van der Waals surface area contributed by atoms with Gasteiger partial charge in [0.25, 0.3) is 0 Å². The highest BCUT2D eigenvalue weighted by Gasteiger charge is 2.17. The van der Waals surface area contributed by atoms with Crippen LogP contribution in [-0.4, -0.2) is 54.3 Å². The molecule has 9 nitrogen and oxygen atoms in total. The molecular weight excluding hydrogens is 326 g/mol. The maximum absolute atomic E-state index is 11.9. The van der Waals surface area contributed by atoms with Crippen molar-refractivity contribution >= 4 is 17.9 Å². The van der Waals surface area contributed by atoms with Gasteiger partial charge in [0.05, 0.1) is 33.1 Å². The summed E-state index contributed by atoms with van der Waals surface area (Å²) in [6, 6.07) is 3.73. The first-order chi connectivity index (χ1) is 12.2. The zero-order chi connectivity index (χ0) is 17.5. The van der Waals surface area contributed by atoms with Gasteiger partial charge in [-0.3, -0.25) is 4.79 Å². The molecule has 3 heterocycles. The minimum absolute atomic E-state index is 0.164. The van der Waals surface area contributed by atoms with E-state index >= 15 is 0 Å². The Kier molecular flexibility index (Phi) is 5.57. The summed E-state index contributed by atoms with van der Waals surface area (Å²) in [6.07, 6.45) is 4.52. The maximum atomic E-state index is 11.9. The van der Waals surface area contributed by atoms with Crippen LogP contribution in [0.2, 0.25) is 0 Å². The van der Waals surface area contributed by atoms with Gasteiger partial charge in [0.15, 0.2) is 5.82 Å². The number of nitrogens with one attached hydrogen (secondary N) is 1. The van der Waals surface area contributed by atoms with Crippen LogP contribution >= 0.6 is 0 Å². The summed E-state index contributed by atoms with van der Waals surface area (Å²) >= 11 is 0. The number of hydrogen-bond acceptors (Lipinski definition) is 8. The Morgan fingerprint density at radius 2 is 2.20 bits per heavy atom. The van der Waals surface area contributed by atoms with E-state index < -0.39 is 0 Å². The van der Waals surface area contributed by atoms with Gasteiger partial charge in [-0.15, -0.1) is 0 Å². The van der Waals surface area contributed by atoms with Crippen molar-refractivity contribution in [1.82, 2.24) is 20.3 Å². The van der Waals surface area contributed by atoms with Gasteiger partial charge in [-0.25, -0.2) is 0 Å². The fraction of sp³-hybridized carbons (Fsp3) is 0.375. The van der Waals surface area contributed by atoms with Crippen molar-refractivity contribution in [1.29, 1.82) is 0 Å². The Labute approximate surface area is 144 Å².